The highest BCUT2D eigenvalue weighted by Gasteiger charge is 2.47. The van der Waals surface area contributed by atoms with Crippen LogP contribution in [0.1, 0.15) is 49.4 Å². The fraction of sp³-hybridized carbons (Fsp3) is 0.241. The molecule has 6 nitrogen and oxygen atoms in total. The van der Waals surface area contributed by atoms with E-state index in [0.29, 0.717) is 40.8 Å². The van der Waals surface area contributed by atoms with E-state index in [4.69, 9.17) is 9.47 Å². The van der Waals surface area contributed by atoms with Gasteiger partial charge in [-0.1, -0.05) is 50.2 Å². The summed E-state index contributed by atoms with van der Waals surface area (Å²) < 4.78 is 10.9. The third kappa shape index (κ3) is 4.64. The molecular weight excluding hydrogens is 442 g/mol. The van der Waals surface area contributed by atoms with Crippen LogP contribution in [0.15, 0.2) is 78.4 Å². The number of hydrogen-bond donors (Lipinski definition) is 1. The average molecular weight is 472 g/mol. The molecule has 1 aliphatic rings. The zero-order valence-corrected chi connectivity index (χ0v) is 20.3. The molecule has 4 rings (SSSR count). The van der Waals surface area contributed by atoms with E-state index in [1.165, 1.54) is 12.0 Å². The van der Waals surface area contributed by atoms with Crippen molar-refractivity contribution in [2.75, 3.05) is 18.6 Å². The van der Waals surface area contributed by atoms with Crippen LogP contribution < -0.4 is 14.4 Å². The monoisotopic (exact) mass is 471 g/mol. The van der Waals surface area contributed by atoms with Gasteiger partial charge < -0.3 is 14.6 Å². The molecule has 35 heavy (non-hydrogen) atoms. The van der Waals surface area contributed by atoms with Gasteiger partial charge in [0.1, 0.15) is 17.3 Å². The van der Waals surface area contributed by atoms with Gasteiger partial charge in [0.15, 0.2) is 0 Å². The lowest BCUT2D eigenvalue weighted by Gasteiger charge is -2.26. The first-order chi connectivity index (χ1) is 16.8. The van der Waals surface area contributed by atoms with Crippen molar-refractivity contribution in [2.24, 2.45) is 0 Å². The number of amides is 1. The van der Waals surface area contributed by atoms with E-state index < -0.39 is 17.7 Å². The van der Waals surface area contributed by atoms with Crippen LogP contribution in [0.2, 0.25) is 0 Å². The van der Waals surface area contributed by atoms with E-state index in [9.17, 15) is 14.7 Å². The normalized spacial score (nSPS) is 17.2. The third-order valence-electron chi connectivity index (χ3n) is 6.11. The largest absolute Gasteiger partial charge is 0.507 e. The molecule has 0 radical (unpaired) electrons. The molecule has 0 aromatic heterocycles. The number of hydrogen-bond acceptors (Lipinski definition) is 5. The van der Waals surface area contributed by atoms with Crippen molar-refractivity contribution < 1.29 is 24.2 Å². The number of rotatable bonds is 7. The van der Waals surface area contributed by atoms with Crippen LogP contribution in [0.5, 0.6) is 11.5 Å². The second-order valence-electron chi connectivity index (χ2n) is 8.65. The molecule has 1 saturated heterocycles. The van der Waals surface area contributed by atoms with E-state index in [2.05, 4.69) is 13.8 Å². The molecule has 1 heterocycles. The molecule has 0 saturated carbocycles. The summed E-state index contributed by atoms with van der Waals surface area (Å²) >= 11 is 0. The Morgan fingerprint density at radius 1 is 0.971 bits per heavy atom. The lowest BCUT2D eigenvalue weighted by atomic mass is 9.94. The maximum atomic E-state index is 13.4. The minimum absolute atomic E-state index is 0.0184. The van der Waals surface area contributed by atoms with Gasteiger partial charge in [0.2, 0.25) is 0 Å². The van der Waals surface area contributed by atoms with Crippen molar-refractivity contribution in [1.82, 2.24) is 0 Å². The van der Waals surface area contributed by atoms with Crippen molar-refractivity contribution in [3.8, 4) is 11.5 Å². The first-order valence-corrected chi connectivity index (χ1v) is 11.6. The fourth-order valence-electron chi connectivity index (χ4n) is 4.30. The Balaban J connectivity index is 1.91. The molecule has 0 aliphatic carbocycles. The predicted molar refractivity (Wildman–Crippen MR) is 136 cm³/mol. The van der Waals surface area contributed by atoms with Gasteiger partial charge in [-0.15, -0.1) is 0 Å². The summed E-state index contributed by atoms with van der Waals surface area (Å²) in [5.41, 5.74) is 2.77. The van der Waals surface area contributed by atoms with Gasteiger partial charge >= 0.3 is 0 Å². The maximum Gasteiger partial charge on any atom is 0.300 e. The van der Waals surface area contributed by atoms with Crippen LogP contribution in [0.4, 0.5) is 5.69 Å². The second-order valence-corrected chi connectivity index (χ2v) is 8.65. The van der Waals surface area contributed by atoms with Gasteiger partial charge in [-0.2, -0.15) is 0 Å². The van der Waals surface area contributed by atoms with E-state index >= 15 is 0 Å². The molecule has 0 bridgehead atoms. The summed E-state index contributed by atoms with van der Waals surface area (Å²) in [7, 11) is 1.53. The van der Waals surface area contributed by atoms with Crippen LogP contribution in [0.25, 0.3) is 5.76 Å². The number of carbonyl (C=O) groups excluding carboxylic acids is 2. The van der Waals surface area contributed by atoms with Crippen LogP contribution >= 0.6 is 0 Å². The van der Waals surface area contributed by atoms with Gasteiger partial charge in [0, 0.05) is 11.3 Å². The summed E-state index contributed by atoms with van der Waals surface area (Å²) in [6.45, 7) is 6.55. The van der Waals surface area contributed by atoms with Crippen molar-refractivity contribution in [3.63, 3.8) is 0 Å². The van der Waals surface area contributed by atoms with Crippen LogP contribution in [-0.4, -0.2) is 30.5 Å². The minimum Gasteiger partial charge on any atom is -0.507 e. The van der Waals surface area contributed by atoms with Crippen molar-refractivity contribution in [3.05, 3.63) is 95.1 Å². The number of nitrogens with zero attached hydrogens (tertiary/aromatic N) is 1. The standard InChI is InChI=1S/C29H29NO5/c1-5-35-24-11-6-8-20(16-24)26-25(27(31)21-9-7-10-23(17-21)34-4)28(32)29(33)30(26)22-14-12-19(13-15-22)18(2)3/h6-18,26,31H,5H2,1-4H3/b27-25-. The number of carbonyl (C=O) groups is 2. The number of benzene rings is 3. The molecule has 180 valence electrons. The zero-order chi connectivity index (χ0) is 25.1. The number of aliphatic hydroxyl groups excluding tert-OH is 1. The molecule has 1 amide bonds. The maximum absolute atomic E-state index is 13.4. The fourth-order valence-corrected chi connectivity index (χ4v) is 4.30. The number of methoxy groups -OCH3 is 1. The van der Waals surface area contributed by atoms with Gasteiger partial charge in [0.25, 0.3) is 11.7 Å². The lowest BCUT2D eigenvalue weighted by Crippen LogP contribution is -2.29. The van der Waals surface area contributed by atoms with Crippen molar-refractivity contribution in [2.45, 2.75) is 32.7 Å². The first-order valence-electron chi connectivity index (χ1n) is 11.6. The molecule has 6 heteroatoms. The Kier molecular flexibility index (Phi) is 6.92. The quantitative estimate of drug-likeness (QED) is 0.266. The number of ketones is 1. The number of ether oxygens (including phenoxy) is 2. The summed E-state index contributed by atoms with van der Waals surface area (Å²) in [6, 6.07) is 20.8. The van der Waals surface area contributed by atoms with Crippen LogP contribution in [0, 0.1) is 0 Å². The van der Waals surface area contributed by atoms with Gasteiger partial charge in [0.05, 0.1) is 25.3 Å². The average Bonchev–Trinajstić information content (AvgIpc) is 3.14. The highest BCUT2D eigenvalue weighted by Crippen LogP contribution is 2.43. The molecule has 3 aromatic carbocycles. The summed E-state index contributed by atoms with van der Waals surface area (Å²) in [6.07, 6.45) is 0. The molecule has 1 atom stereocenters. The highest BCUT2D eigenvalue weighted by atomic mass is 16.5. The molecule has 1 N–H and O–H groups in total. The van der Waals surface area contributed by atoms with E-state index in [-0.39, 0.29) is 11.3 Å². The number of Topliss-reactive ketones (excluding diaryl/α,β-unsaturated/α-hetero) is 1. The van der Waals surface area contributed by atoms with E-state index in [0.717, 1.165) is 5.56 Å². The Labute approximate surface area is 205 Å². The molecule has 1 unspecified atom stereocenters. The molecule has 1 fully saturated rings. The molecule has 1 aliphatic heterocycles. The van der Waals surface area contributed by atoms with Crippen LogP contribution in [-0.2, 0) is 9.59 Å². The second kappa shape index (κ2) is 10.1. The van der Waals surface area contributed by atoms with Crippen molar-refractivity contribution >= 4 is 23.1 Å². The minimum atomic E-state index is -0.827. The predicted octanol–water partition coefficient (Wildman–Crippen LogP) is 5.84. The van der Waals surface area contributed by atoms with Gasteiger partial charge in [-0.05, 0) is 60.4 Å². The summed E-state index contributed by atoms with van der Waals surface area (Å²) in [4.78, 5) is 28.2. The zero-order valence-electron chi connectivity index (χ0n) is 20.3. The SMILES string of the molecule is CCOc1cccc(C2/C(=C(/O)c3cccc(OC)c3)C(=O)C(=O)N2c2ccc(C(C)C)cc2)c1. The Hall–Kier alpha value is -4.06. The van der Waals surface area contributed by atoms with E-state index in [1.54, 1.807) is 30.3 Å². The summed E-state index contributed by atoms with van der Waals surface area (Å²) in [5, 5.41) is 11.3. The highest BCUT2D eigenvalue weighted by molar-refractivity contribution is 6.51. The Bertz CT molecular complexity index is 1280. The van der Waals surface area contributed by atoms with Gasteiger partial charge in [-0.25, -0.2) is 0 Å². The smallest absolute Gasteiger partial charge is 0.300 e. The number of aliphatic hydroxyl groups is 1. The molecule has 3 aromatic rings. The van der Waals surface area contributed by atoms with E-state index in [1.807, 2.05) is 49.4 Å². The Morgan fingerprint density at radius 3 is 2.31 bits per heavy atom. The summed E-state index contributed by atoms with van der Waals surface area (Å²) in [5.74, 6) is -0.222. The van der Waals surface area contributed by atoms with Gasteiger partial charge in [-0.3, -0.25) is 14.5 Å². The first kappa shape index (κ1) is 24.1. The lowest BCUT2D eigenvalue weighted by molar-refractivity contribution is -0.132. The topological polar surface area (TPSA) is 76.1 Å². The Morgan fingerprint density at radius 2 is 1.66 bits per heavy atom. The number of anilines is 1. The third-order valence-corrected chi connectivity index (χ3v) is 6.11. The molecule has 0 spiro atoms. The van der Waals surface area contributed by atoms with Crippen molar-refractivity contribution in [1.29, 1.82) is 0 Å². The van der Waals surface area contributed by atoms with Crippen LogP contribution in [0.3, 0.4) is 0 Å². The molecular formula is C29H29NO5.